The molecule has 0 unspecified atom stereocenters. The molecule has 1 heterocycles. The Balaban J connectivity index is 2.12. The number of anilines is 1. The van der Waals surface area contributed by atoms with Gasteiger partial charge < -0.3 is 10.4 Å². The van der Waals surface area contributed by atoms with Crippen LogP contribution in [0.25, 0.3) is 0 Å². The van der Waals surface area contributed by atoms with Crippen LogP contribution in [0, 0.1) is 25.7 Å². The molecule has 1 aliphatic carbocycles. The minimum absolute atomic E-state index is 0.209. The summed E-state index contributed by atoms with van der Waals surface area (Å²) >= 11 is 0. The first-order valence-electron chi connectivity index (χ1n) is 6.56. The topological polar surface area (TPSA) is 95.1 Å². The van der Waals surface area contributed by atoms with Crippen molar-refractivity contribution in [2.75, 3.05) is 5.32 Å². The van der Waals surface area contributed by atoms with E-state index in [9.17, 15) is 14.7 Å². The third-order valence-electron chi connectivity index (χ3n) is 3.80. The molecule has 0 bridgehead atoms. The average Bonchev–Trinajstić information content (AvgIpc) is 2.70. The number of aryl methyl sites for hydroxylation is 2. The van der Waals surface area contributed by atoms with E-state index in [-0.39, 0.29) is 5.91 Å². The zero-order chi connectivity index (χ0) is 14.0. The average molecular weight is 265 g/mol. The number of nitrogens with zero attached hydrogens (tertiary/aromatic N) is 1. The number of aliphatic carboxylic acids is 1. The van der Waals surface area contributed by atoms with Gasteiger partial charge in [-0.15, -0.1) is 0 Å². The summed E-state index contributed by atoms with van der Waals surface area (Å²) in [5, 5.41) is 18.8. The Labute approximate surface area is 111 Å². The highest BCUT2D eigenvalue weighted by Gasteiger charge is 2.36. The maximum Gasteiger partial charge on any atom is 0.307 e. The SMILES string of the molecule is Cc1n[nH]c(C)c1NC(=O)[C@H]1CCCC[C@H]1C(=O)O. The molecule has 1 aromatic rings. The second-order valence-corrected chi connectivity index (χ2v) is 5.13. The highest BCUT2D eigenvalue weighted by Crippen LogP contribution is 2.31. The Bertz CT molecular complexity index is 476. The van der Waals surface area contributed by atoms with Crippen molar-refractivity contribution in [2.45, 2.75) is 39.5 Å². The van der Waals surface area contributed by atoms with Crippen LogP contribution in [0.3, 0.4) is 0 Å². The summed E-state index contributed by atoms with van der Waals surface area (Å²) in [6, 6.07) is 0. The molecule has 2 atom stereocenters. The smallest absolute Gasteiger partial charge is 0.307 e. The first-order valence-corrected chi connectivity index (χ1v) is 6.56. The number of carboxylic acid groups (broad SMARTS) is 1. The van der Waals surface area contributed by atoms with Crippen molar-refractivity contribution < 1.29 is 14.7 Å². The van der Waals surface area contributed by atoms with Crippen LogP contribution in [0.2, 0.25) is 0 Å². The van der Waals surface area contributed by atoms with Gasteiger partial charge in [0.25, 0.3) is 0 Å². The molecule has 3 N–H and O–H groups in total. The first-order chi connectivity index (χ1) is 9.00. The summed E-state index contributed by atoms with van der Waals surface area (Å²) < 4.78 is 0. The molecule has 1 amide bonds. The van der Waals surface area contributed by atoms with E-state index in [2.05, 4.69) is 15.5 Å². The van der Waals surface area contributed by atoms with E-state index in [1.807, 2.05) is 6.92 Å². The van der Waals surface area contributed by atoms with Gasteiger partial charge in [0.1, 0.15) is 0 Å². The first kappa shape index (κ1) is 13.6. The van der Waals surface area contributed by atoms with Gasteiger partial charge in [-0.05, 0) is 26.7 Å². The lowest BCUT2D eigenvalue weighted by Crippen LogP contribution is -2.36. The number of H-pyrrole nitrogens is 1. The Hall–Kier alpha value is -1.85. The number of rotatable bonds is 3. The van der Waals surface area contributed by atoms with Crippen molar-refractivity contribution in [1.29, 1.82) is 0 Å². The molecule has 1 saturated carbocycles. The molecular weight excluding hydrogens is 246 g/mol. The fourth-order valence-corrected chi connectivity index (χ4v) is 2.69. The summed E-state index contributed by atoms with van der Waals surface area (Å²) in [6.07, 6.45) is 3.01. The number of hydrogen-bond acceptors (Lipinski definition) is 3. The monoisotopic (exact) mass is 265 g/mol. The van der Waals surface area contributed by atoms with Gasteiger partial charge >= 0.3 is 5.97 Å². The van der Waals surface area contributed by atoms with Crippen molar-refractivity contribution in [3.63, 3.8) is 0 Å². The van der Waals surface area contributed by atoms with Crippen LogP contribution in [-0.4, -0.2) is 27.2 Å². The zero-order valence-electron chi connectivity index (χ0n) is 11.2. The molecule has 0 aliphatic heterocycles. The van der Waals surface area contributed by atoms with Crippen molar-refractivity contribution in [1.82, 2.24) is 10.2 Å². The van der Waals surface area contributed by atoms with Crippen LogP contribution < -0.4 is 5.32 Å². The van der Waals surface area contributed by atoms with Crippen LogP contribution in [0.1, 0.15) is 37.1 Å². The van der Waals surface area contributed by atoms with E-state index in [1.54, 1.807) is 6.92 Å². The fourth-order valence-electron chi connectivity index (χ4n) is 2.69. The van der Waals surface area contributed by atoms with E-state index in [4.69, 9.17) is 0 Å². The second kappa shape index (κ2) is 5.42. The van der Waals surface area contributed by atoms with Crippen molar-refractivity contribution in [3.8, 4) is 0 Å². The predicted molar refractivity (Wildman–Crippen MR) is 69.8 cm³/mol. The van der Waals surface area contributed by atoms with Gasteiger partial charge in [0.2, 0.25) is 5.91 Å². The van der Waals surface area contributed by atoms with Gasteiger partial charge in [-0.25, -0.2) is 0 Å². The van der Waals surface area contributed by atoms with Crippen LogP contribution in [-0.2, 0) is 9.59 Å². The van der Waals surface area contributed by atoms with Gasteiger partial charge in [-0.3, -0.25) is 14.7 Å². The third kappa shape index (κ3) is 2.77. The minimum Gasteiger partial charge on any atom is -0.481 e. The number of aromatic amines is 1. The normalized spacial score (nSPS) is 23.1. The predicted octanol–water partition coefficient (Wildman–Crippen LogP) is 1.86. The molecule has 1 aromatic heterocycles. The van der Waals surface area contributed by atoms with E-state index < -0.39 is 17.8 Å². The fraction of sp³-hybridized carbons (Fsp3) is 0.615. The molecule has 19 heavy (non-hydrogen) atoms. The van der Waals surface area contributed by atoms with Crippen molar-refractivity contribution >= 4 is 17.6 Å². The lowest BCUT2D eigenvalue weighted by atomic mass is 9.78. The lowest BCUT2D eigenvalue weighted by Gasteiger charge is -2.27. The van der Waals surface area contributed by atoms with Gasteiger partial charge in [0, 0.05) is 0 Å². The van der Waals surface area contributed by atoms with Crippen LogP contribution in [0.15, 0.2) is 0 Å². The molecule has 1 aliphatic rings. The maximum absolute atomic E-state index is 12.3. The Kier molecular flexibility index (Phi) is 3.87. The van der Waals surface area contributed by atoms with Gasteiger partial charge in [0.15, 0.2) is 0 Å². The van der Waals surface area contributed by atoms with Crippen molar-refractivity contribution in [3.05, 3.63) is 11.4 Å². The molecule has 6 heteroatoms. The lowest BCUT2D eigenvalue weighted by molar-refractivity contribution is -0.147. The Morgan fingerprint density at radius 3 is 2.42 bits per heavy atom. The summed E-state index contributed by atoms with van der Waals surface area (Å²) in [6.45, 7) is 3.62. The summed E-state index contributed by atoms with van der Waals surface area (Å²) in [5.41, 5.74) is 2.17. The quantitative estimate of drug-likeness (QED) is 0.777. The van der Waals surface area contributed by atoms with Crippen molar-refractivity contribution in [2.24, 2.45) is 11.8 Å². The highest BCUT2D eigenvalue weighted by molar-refractivity contribution is 5.96. The molecular formula is C13H19N3O3. The van der Waals surface area contributed by atoms with E-state index in [0.717, 1.165) is 18.5 Å². The van der Waals surface area contributed by atoms with Gasteiger partial charge in [-0.2, -0.15) is 5.10 Å². The molecule has 1 fully saturated rings. The minimum atomic E-state index is -0.875. The molecule has 0 saturated heterocycles. The number of carbonyl (C=O) groups is 2. The van der Waals surface area contributed by atoms with E-state index in [1.165, 1.54) is 0 Å². The standard InChI is InChI=1S/C13H19N3O3/c1-7-11(8(2)16-15-7)14-12(17)9-5-3-4-6-10(9)13(18)19/h9-10H,3-6H2,1-2H3,(H,14,17)(H,15,16)(H,18,19)/t9-,10+/m0/s1. The Morgan fingerprint density at radius 1 is 1.26 bits per heavy atom. The van der Waals surface area contributed by atoms with Crippen LogP contribution in [0.5, 0.6) is 0 Å². The summed E-state index contributed by atoms with van der Waals surface area (Å²) in [7, 11) is 0. The zero-order valence-corrected chi connectivity index (χ0v) is 11.2. The second-order valence-electron chi connectivity index (χ2n) is 5.13. The number of carboxylic acids is 1. The number of aromatic nitrogens is 2. The summed E-state index contributed by atoms with van der Waals surface area (Å²) in [4.78, 5) is 23.5. The van der Waals surface area contributed by atoms with Crippen LogP contribution >= 0.6 is 0 Å². The van der Waals surface area contributed by atoms with Gasteiger partial charge in [0.05, 0.1) is 28.9 Å². The molecule has 0 spiro atoms. The number of carbonyl (C=O) groups excluding carboxylic acids is 1. The number of hydrogen-bond donors (Lipinski definition) is 3. The highest BCUT2D eigenvalue weighted by atomic mass is 16.4. The van der Waals surface area contributed by atoms with E-state index >= 15 is 0 Å². The third-order valence-corrected chi connectivity index (χ3v) is 3.80. The largest absolute Gasteiger partial charge is 0.481 e. The molecule has 2 rings (SSSR count). The van der Waals surface area contributed by atoms with Crippen LogP contribution in [0.4, 0.5) is 5.69 Å². The Morgan fingerprint density at radius 2 is 1.89 bits per heavy atom. The molecule has 0 radical (unpaired) electrons. The molecule has 0 aromatic carbocycles. The van der Waals surface area contributed by atoms with E-state index in [0.29, 0.717) is 24.2 Å². The molecule has 104 valence electrons. The maximum atomic E-state index is 12.3. The summed E-state index contributed by atoms with van der Waals surface area (Å²) in [5.74, 6) is -2.10. The number of amides is 1. The molecule has 6 nitrogen and oxygen atoms in total. The number of nitrogens with one attached hydrogen (secondary N) is 2. The van der Waals surface area contributed by atoms with Gasteiger partial charge in [-0.1, -0.05) is 12.8 Å².